The largest absolute Gasteiger partial charge is 0.396 e. The molecule has 54 valence electrons. The van der Waals surface area contributed by atoms with Gasteiger partial charge in [0.2, 0.25) is 0 Å². The minimum Gasteiger partial charge on any atom is -0.396 e. The molecule has 0 aliphatic rings. The van der Waals surface area contributed by atoms with E-state index < -0.39 is 0 Å². The molecule has 0 saturated heterocycles. The zero-order chi connectivity index (χ0) is 6.95. The molecule has 0 amide bonds. The van der Waals surface area contributed by atoms with Gasteiger partial charge in [0, 0.05) is 6.61 Å². The summed E-state index contributed by atoms with van der Waals surface area (Å²) in [4.78, 5) is 0. The van der Waals surface area contributed by atoms with Crippen LogP contribution in [-0.2, 0) is 0 Å². The van der Waals surface area contributed by atoms with Crippen molar-refractivity contribution >= 4 is 0 Å². The fourth-order valence-corrected chi connectivity index (χ4v) is 0.786. The zero-order valence-electron chi connectivity index (χ0n) is 5.97. The predicted octanol–water partition coefficient (Wildman–Crippen LogP) is 2.03. The van der Waals surface area contributed by atoms with Gasteiger partial charge in [0.25, 0.3) is 0 Å². The van der Waals surface area contributed by atoms with Crippen molar-refractivity contribution < 1.29 is 5.11 Å². The molecule has 1 heteroatoms. The molecule has 1 nitrogen and oxygen atoms in total. The summed E-state index contributed by atoms with van der Waals surface area (Å²) in [5.74, 6) is 0. The molecule has 0 aromatic carbocycles. The smallest absolute Gasteiger partial charge is 0.0431 e. The van der Waals surface area contributed by atoms with E-state index in [-0.39, 0.29) is 0 Å². The maximum Gasteiger partial charge on any atom is 0.0431 e. The fraction of sp³-hybridized carbons (Fsp3) is 0.875. The highest BCUT2D eigenvalue weighted by atomic mass is 16.2. The van der Waals surface area contributed by atoms with E-state index in [1.54, 1.807) is 0 Å². The van der Waals surface area contributed by atoms with Gasteiger partial charge in [-0.2, -0.15) is 0 Å². The van der Waals surface area contributed by atoms with Crippen molar-refractivity contribution in [2.75, 3.05) is 6.61 Å². The standard InChI is InChI=1S/C8H16O/c1-2-3-4-5-6-7-8-9/h1,9H,2-8H2. The van der Waals surface area contributed by atoms with Crippen LogP contribution < -0.4 is 0 Å². The number of aliphatic hydroxyl groups excluding tert-OH is 1. The van der Waals surface area contributed by atoms with Crippen LogP contribution in [-0.4, -0.2) is 11.7 Å². The number of rotatable bonds is 6. The topological polar surface area (TPSA) is 20.2 Å². The van der Waals surface area contributed by atoms with Crippen molar-refractivity contribution in [3.8, 4) is 0 Å². The van der Waals surface area contributed by atoms with Crippen molar-refractivity contribution in [1.82, 2.24) is 0 Å². The molecule has 0 spiro atoms. The monoisotopic (exact) mass is 128 g/mol. The van der Waals surface area contributed by atoms with E-state index in [0.717, 1.165) is 25.7 Å². The van der Waals surface area contributed by atoms with E-state index in [0.29, 0.717) is 6.61 Å². The Bertz CT molecular complexity index is 37.8. The Kier molecular flexibility index (Phi) is 7.92. The van der Waals surface area contributed by atoms with Gasteiger partial charge < -0.3 is 5.11 Å². The van der Waals surface area contributed by atoms with Gasteiger partial charge in [0.15, 0.2) is 0 Å². The van der Waals surface area contributed by atoms with Crippen LogP contribution in [0.3, 0.4) is 0 Å². The van der Waals surface area contributed by atoms with E-state index in [9.17, 15) is 0 Å². The molecule has 0 saturated carbocycles. The quantitative estimate of drug-likeness (QED) is 0.543. The van der Waals surface area contributed by atoms with Crippen molar-refractivity contribution in [1.29, 1.82) is 0 Å². The third-order valence-electron chi connectivity index (χ3n) is 1.36. The van der Waals surface area contributed by atoms with E-state index in [1.165, 1.54) is 12.8 Å². The van der Waals surface area contributed by atoms with Gasteiger partial charge in [-0.1, -0.05) is 25.7 Å². The average Bonchev–Trinajstić information content (AvgIpc) is 1.89. The van der Waals surface area contributed by atoms with Crippen LogP contribution >= 0.6 is 0 Å². The number of hydrogen-bond acceptors (Lipinski definition) is 1. The fourth-order valence-electron chi connectivity index (χ4n) is 0.786. The highest BCUT2D eigenvalue weighted by Crippen LogP contribution is 2.03. The van der Waals surface area contributed by atoms with Gasteiger partial charge in [0.05, 0.1) is 0 Å². The molecule has 0 rings (SSSR count). The third kappa shape index (κ3) is 7.96. The first-order valence-corrected chi connectivity index (χ1v) is 3.72. The van der Waals surface area contributed by atoms with Gasteiger partial charge in [0.1, 0.15) is 0 Å². The van der Waals surface area contributed by atoms with Crippen LogP contribution in [0.5, 0.6) is 0 Å². The van der Waals surface area contributed by atoms with Crippen LogP contribution in [0.2, 0.25) is 0 Å². The zero-order valence-corrected chi connectivity index (χ0v) is 5.97. The Morgan fingerprint density at radius 1 is 0.889 bits per heavy atom. The summed E-state index contributed by atoms with van der Waals surface area (Å²) >= 11 is 0. The van der Waals surface area contributed by atoms with Crippen LogP contribution in [0, 0.1) is 6.92 Å². The number of aliphatic hydroxyl groups is 1. The summed E-state index contributed by atoms with van der Waals surface area (Å²) < 4.78 is 0. The molecule has 0 bridgehead atoms. The number of unbranched alkanes of at least 4 members (excludes halogenated alkanes) is 5. The molecule has 0 heterocycles. The van der Waals surface area contributed by atoms with Crippen LogP contribution in [0.25, 0.3) is 0 Å². The van der Waals surface area contributed by atoms with E-state index >= 15 is 0 Å². The van der Waals surface area contributed by atoms with Crippen molar-refractivity contribution in [3.63, 3.8) is 0 Å². The summed E-state index contributed by atoms with van der Waals surface area (Å²) in [5.41, 5.74) is 0. The Morgan fingerprint density at radius 3 is 2.00 bits per heavy atom. The third-order valence-corrected chi connectivity index (χ3v) is 1.36. The first kappa shape index (κ1) is 8.96. The highest BCUT2D eigenvalue weighted by molar-refractivity contribution is 4.44. The molecule has 0 aromatic heterocycles. The Labute approximate surface area is 58.1 Å². The lowest BCUT2D eigenvalue weighted by atomic mass is 10.1. The summed E-state index contributed by atoms with van der Waals surface area (Å²) in [7, 11) is 0. The van der Waals surface area contributed by atoms with Crippen LogP contribution in [0.1, 0.15) is 38.5 Å². The summed E-state index contributed by atoms with van der Waals surface area (Å²) in [6.45, 7) is 5.63. The SMILES string of the molecule is [CH]CCCCCCCO. The second-order valence-electron chi connectivity index (χ2n) is 2.28. The van der Waals surface area contributed by atoms with Gasteiger partial charge in [-0.05, 0) is 19.8 Å². The molecule has 1 N–H and O–H groups in total. The molecule has 0 aliphatic carbocycles. The minimum absolute atomic E-state index is 0.336. The summed E-state index contributed by atoms with van der Waals surface area (Å²) in [5, 5.41) is 8.40. The molecule has 9 heavy (non-hydrogen) atoms. The van der Waals surface area contributed by atoms with Gasteiger partial charge in [-0.25, -0.2) is 0 Å². The molecule has 2 radical (unpaired) electrons. The van der Waals surface area contributed by atoms with E-state index in [4.69, 9.17) is 12.0 Å². The summed E-state index contributed by atoms with van der Waals surface area (Å²) in [6, 6.07) is 0. The second kappa shape index (κ2) is 7.96. The van der Waals surface area contributed by atoms with Gasteiger partial charge in [-0.3, -0.25) is 0 Å². The molecular formula is C8H16O. The lowest BCUT2D eigenvalue weighted by Crippen LogP contribution is -1.82. The molecule has 0 aromatic rings. The summed E-state index contributed by atoms with van der Waals surface area (Å²) in [6.07, 6.45) is 6.47. The van der Waals surface area contributed by atoms with Crippen LogP contribution in [0.15, 0.2) is 0 Å². The highest BCUT2D eigenvalue weighted by Gasteiger charge is 1.86. The van der Waals surface area contributed by atoms with Gasteiger partial charge >= 0.3 is 0 Å². The second-order valence-corrected chi connectivity index (χ2v) is 2.28. The molecule has 0 fully saturated rings. The van der Waals surface area contributed by atoms with Crippen molar-refractivity contribution in [2.45, 2.75) is 38.5 Å². The molecule has 0 atom stereocenters. The lowest BCUT2D eigenvalue weighted by Gasteiger charge is -1.95. The Hall–Kier alpha value is -0.0400. The maximum absolute atomic E-state index is 8.40. The predicted molar refractivity (Wildman–Crippen MR) is 39.1 cm³/mol. The Morgan fingerprint density at radius 2 is 1.44 bits per heavy atom. The lowest BCUT2D eigenvalue weighted by molar-refractivity contribution is 0.282. The van der Waals surface area contributed by atoms with E-state index in [2.05, 4.69) is 0 Å². The Balaban J connectivity index is 2.60. The van der Waals surface area contributed by atoms with Crippen molar-refractivity contribution in [2.24, 2.45) is 0 Å². The van der Waals surface area contributed by atoms with Crippen LogP contribution in [0.4, 0.5) is 0 Å². The minimum atomic E-state index is 0.336. The average molecular weight is 128 g/mol. The maximum atomic E-state index is 8.40. The molecule has 0 unspecified atom stereocenters. The number of hydrogen-bond donors (Lipinski definition) is 1. The van der Waals surface area contributed by atoms with Gasteiger partial charge in [-0.15, -0.1) is 0 Å². The first-order chi connectivity index (χ1) is 4.41. The van der Waals surface area contributed by atoms with Crippen molar-refractivity contribution in [3.05, 3.63) is 6.92 Å². The first-order valence-electron chi connectivity index (χ1n) is 3.72. The molecule has 0 aliphatic heterocycles. The molecular weight excluding hydrogens is 112 g/mol. The van der Waals surface area contributed by atoms with E-state index in [1.807, 2.05) is 0 Å². The normalized spacial score (nSPS) is 10.0.